The van der Waals surface area contributed by atoms with Gasteiger partial charge in [0.2, 0.25) is 0 Å². The van der Waals surface area contributed by atoms with Crippen LogP contribution in [-0.4, -0.2) is 31.1 Å². The molecule has 0 unspecified atom stereocenters. The Hall–Kier alpha value is -0.350. The monoisotopic (exact) mass is 320 g/mol. The molecule has 0 amide bonds. The van der Waals surface area contributed by atoms with E-state index in [0.717, 1.165) is 44.2 Å². The minimum Gasteiger partial charge on any atom is -0.317 e. The zero-order valence-corrected chi connectivity index (χ0v) is 13.4. The molecule has 1 aromatic carbocycles. The van der Waals surface area contributed by atoms with Gasteiger partial charge >= 0.3 is 0 Å². The van der Waals surface area contributed by atoms with Gasteiger partial charge in [-0.05, 0) is 62.6 Å². The molecule has 0 saturated carbocycles. The van der Waals surface area contributed by atoms with Crippen LogP contribution >= 0.6 is 24.0 Å². The van der Waals surface area contributed by atoms with Gasteiger partial charge in [0, 0.05) is 11.6 Å². The van der Waals surface area contributed by atoms with E-state index in [4.69, 9.17) is 11.6 Å². The Bertz CT molecular complexity index is 407. The molecule has 114 valence electrons. The summed E-state index contributed by atoms with van der Waals surface area (Å²) in [5.74, 6) is 0.526. The van der Waals surface area contributed by atoms with Crippen molar-refractivity contribution >= 4 is 24.0 Å². The SMILES string of the molecule is CCNCC1CCN(Cc2ccc(F)cc2Cl)CC1.Cl. The molecule has 1 N–H and O–H groups in total. The average Bonchev–Trinajstić information content (AvgIpc) is 2.41. The van der Waals surface area contributed by atoms with Gasteiger partial charge in [-0.2, -0.15) is 0 Å². The van der Waals surface area contributed by atoms with Gasteiger partial charge in [0.25, 0.3) is 0 Å². The maximum absolute atomic E-state index is 13.0. The van der Waals surface area contributed by atoms with Crippen molar-refractivity contribution in [3.8, 4) is 0 Å². The number of piperidine rings is 1. The summed E-state index contributed by atoms with van der Waals surface area (Å²) in [6.07, 6.45) is 2.46. The van der Waals surface area contributed by atoms with E-state index in [0.29, 0.717) is 5.02 Å². The van der Waals surface area contributed by atoms with Crippen molar-refractivity contribution < 1.29 is 4.39 Å². The van der Waals surface area contributed by atoms with Gasteiger partial charge in [-0.15, -0.1) is 12.4 Å². The first-order valence-corrected chi connectivity index (χ1v) is 7.44. The molecule has 5 heteroatoms. The first kappa shape index (κ1) is 17.7. The Balaban J connectivity index is 0.00000200. The molecule has 1 aliphatic rings. The average molecular weight is 321 g/mol. The molecule has 2 rings (SSSR count). The van der Waals surface area contributed by atoms with E-state index >= 15 is 0 Å². The lowest BCUT2D eigenvalue weighted by Gasteiger charge is -2.32. The first-order chi connectivity index (χ1) is 9.19. The number of nitrogens with zero attached hydrogens (tertiary/aromatic N) is 1. The lowest BCUT2D eigenvalue weighted by atomic mass is 9.96. The van der Waals surface area contributed by atoms with Crippen molar-refractivity contribution in [2.45, 2.75) is 26.3 Å². The third-order valence-electron chi connectivity index (χ3n) is 3.80. The standard InChI is InChI=1S/C15H22ClFN2.ClH/c1-2-18-10-12-5-7-19(8-6-12)11-13-3-4-14(17)9-15(13)16;/h3-4,9,12,18H,2,5-8,10-11H2,1H3;1H. The van der Waals surface area contributed by atoms with E-state index < -0.39 is 0 Å². The third-order valence-corrected chi connectivity index (χ3v) is 4.15. The van der Waals surface area contributed by atoms with Crippen molar-refractivity contribution in [2.24, 2.45) is 5.92 Å². The Kier molecular flexibility index (Phi) is 7.82. The Labute approximate surface area is 132 Å². The zero-order valence-electron chi connectivity index (χ0n) is 11.9. The first-order valence-electron chi connectivity index (χ1n) is 7.06. The molecule has 1 fully saturated rings. The highest BCUT2D eigenvalue weighted by atomic mass is 35.5. The lowest BCUT2D eigenvalue weighted by molar-refractivity contribution is 0.176. The Morgan fingerprint density at radius 2 is 2.05 bits per heavy atom. The van der Waals surface area contributed by atoms with E-state index in [-0.39, 0.29) is 18.2 Å². The maximum atomic E-state index is 13.0. The van der Waals surface area contributed by atoms with Gasteiger partial charge in [0.15, 0.2) is 0 Å². The van der Waals surface area contributed by atoms with E-state index in [2.05, 4.69) is 17.1 Å². The normalized spacial score (nSPS) is 16.9. The zero-order chi connectivity index (χ0) is 13.7. The van der Waals surface area contributed by atoms with Crippen LogP contribution in [0.3, 0.4) is 0 Å². The Morgan fingerprint density at radius 1 is 1.35 bits per heavy atom. The van der Waals surface area contributed by atoms with Crippen LogP contribution in [0.4, 0.5) is 4.39 Å². The highest BCUT2D eigenvalue weighted by Crippen LogP contribution is 2.22. The summed E-state index contributed by atoms with van der Waals surface area (Å²) in [4.78, 5) is 2.40. The smallest absolute Gasteiger partial charge is 0.124 e. The van der Waals surface area contributed by atoms with Gasteiger partial charge in [-0.25, -0.2) is 4.39 Å². The molecule has 0 aromatic heterocycles. The molecule has 1 aromatic rings. The van der Waals surface area contributed by atoms with Gasteiger partial charge in [0.05, 0.1) is 0 Å². The van der Waals surface area contributed by atoms with Crippen molar-refractivity contribution in [1.82, 2.24) is 10.2 Å². The predicted molar refractivity (Wildman–Crippen MR) is 85.2 cm³/mol. The van der Waals surface area contributed by atoms with E-state index in [1.54, 1.807) is 6.07 Å². The summed E-state index contributed by atoms with van der Waals surface area (Å²) in [6, 6.07) is 4.68. The summed E-state index contributed by atoms with van der Waals surface area (Å²) in [6.45, 7) is 7.35. The highest BCUT2D eigenvalue weighted by molar-refractivity contribution is 6.31. The Morgan fingerprint density at radius 3 is 2.65 bits per heavy atom. The lowest BCUT2D eigenvalue weighted by Crippen LogP contribution is -2.36. The summed E-state index contributed by atoms with van der Waals surface area (Å²) in [7, 11) is 0. The number of benzene rings is 1. The topological polar surface area (TPSA) is 15.3 Å². The molecule has 0 atom stereocenters. The number of halogens is 3. The van der Waals surface area contributed by atoms with E-state index in [9.17, 15) is 4.39 Å². The number of nitrogens with one attached hydrogen (secondary N) is 1. The van der Waals surface area contributed by atoms with Crippen molar-refractivity contribution in [2.75, 3.05) is 26.2 Å². The number of rotatable bonds is 5. The quantitative estimate of drug-likeness (QED) is 0.889. The molecular weight excluding hydrogens is 298 g/mol. The fourth-order valence-corrected chi connectivity index (χ4v) is 2.81. The minimum absolute atomic E-state index is 0. The second kappa shape index (κ2) is 8.83. The predicted octanol–water partition coefficient (Wildman–Crippen LogP) is 3.72. The molecule has 0 aliphatic carbocycles. The molecular formula is C15H23Cl2FN2. The second-order valence-corrected chi connectivity index (χ2v) is 5.67. The molecule has 20 heavy (non-hydrogen) atoms. The van der Waals surface area contributed by atoms with E-state index in [1.165, 1.54) is 25.0 Å². The van der Waals surface area contributed by atoms with Crippen LogP contribution in [0.2, 0.25) is 5.02 Å². The number of likely N-dealkylation sites (tertiary alicyclic amines) is 1. The van der Waals surface area contributed by atoms with Gasteiger partial charge in [-0.1, -0.05) is 24.6 Å². The maximum Gasteiger partial charge on any atom is 0.124 e. The van der Waals surface area contributed by atoms with Crippen molar-refractivity contribution in [3.05, 3.63) is 34.6 Å². The van der Waals surface area contributed by atoms with Crippen LogP contribution in [0.1, 0.15) is 25.3 Å². The van der Waals surface area contributed by atoms with Gasteiger partial charge in [-0.3, -0.25) is 4.90 Å². The summed E-state index contributed by atoms with van der Waals surface area (Å²) >= 11 is 6.07. The van der Waals surface area contributed by atoms with Crippen LogP contribution in [-0.2, 0) is 6.54 Å². The molecule has 0 bridgehead atoms. The molecule has 1 saturated heterocycles. The molecule has 2 nitrogen and oxygen atoms in total. The van der Waals surface area contributed by atoms with Crippen LogP contribution in [0, 0.1) is 11.7 Å². The summed E-state index contributed by atoms with van der Waals surface area (Å²) < 4.78 is 13.0. The van der Waals surface area contributed by atoms with E-state index in [1.807, 2.05) is 0 Å². The van der Waals surface area contributed by atoms with Gasteiger partial charge in [0.1, 0.15) is 5.82 Å². The van der Waals surface area contributed by atoms with Crippen LogP contribution < -0.4 is 5.32 Å². The highest BCUT2D eigenvalue weighted by Gasteiger charge is 2.19. The molecule has 1 aliphatic heterocycles. The molecule has 1 heterocycles. The second-order valence-electron chi connectivity index (χ2n) is 5.26. The largest absolute Gasteiger partial charge is 0.317 e. The molecule has 0 radical (unpaired) electrons. The van der Waals surface area contributed by atoms with Crippen molar-refractivity contribution in [1.29, 1.82) is 0 Å². The fraction of sp³-hybridized carbons (Fsp3) is 0.600. The molecule has 0 spiro atoms. The van der Waals surface area contributed by atoms with Gasteiger partial charge < -0.3 is 5.32 Å². The fourth-order valence-electron chi connectivity index (χ4n) is 2.59. The number of hydrogen-bond donors (Lipinski definition) is 1. The minimum atomic E-state index is -0.266. The third kappa shape index (κ3) is 5.21. The number of hydrogen-bond acceptors (Lipinski definition) is 2. The van der Waals surface area contributed by atoms with Crippen LogP contribution in [0.5, 0.6) is 0 Å². The summed E-state index contributed by atoms with van der Waals surface area (Å²) in [5.41, 5.74) is 1.02. The van der Waals surface area contributed by atoms with Crippen LogP contribution in [0.25, 0.3) is 0 Å². The summed E-state index contributed by atoms with van der Waals surface area (Å²) in [5, 5.41) is 3.95. The van der Waals surface area contributed by atoms with Crippen LogP contribution in [0.15, 0.2) is 18.2 Å². The van der Waals surface area contributed by atoms with Crippen molar-refractivity contribution in [3.63, 3.8) is 0 Å².